The molecule has 110 valence electrons. The number of hydrogen-bond acceptors (Lipinski definition) is 4. The molecule has 0 spiro atoms. The first-order valence-corrected chi connectivity index (χ1v) is 7.85. The van der Waals surface area contributed by atoms with Gasteiger partial charge in [-0.25, -0.2) is 4.79 Å². The van der Waals surface area contributed by atoms with E-state index in [0.29, 0.717) is 24.6 Å². The van der Waals surface area contributed by atoms with Crippen molar-refractivity contribution in [1.29, 1.82) is 0 Å². The number of ether oxygens (including phenoxy) is 1. The fraction of sp³-hybridized carbons (Fsp3) is 0.500. The molecule has 1 unspecified atom stereocenters. The number of hydrogen-bond donors (Lipinski definition) is 3. The summed E-state index contributed by atoms with van der Waals surface area (Å²) < 4.78 is 5.22. The maximum atomic E-state index is 11.9. The van der Waals surface area contributed by atoms with E-state index in [0.717, 1.165) is 23.5 Å². The Kier molecular flexibility index (Phi) is 5.55. The third-order valence-corrected chi connectivity index (χ3v) is 4.21. The first-order chi connectivity index (χ1) is 9.69. The summed E-state index contributed by atoms with van der Waals surface area (Å²) in [7, 11) is 0. The highest BCUT2D eigenvalue weighted by Crippen LogP contribution is 2.27. The molecule has 2 amide bonds. The van der Waals surface area contributed by atoms with E-state index >= 15 is 0 Å². The lowest BCUT2D eigenvalue weighted by Gasteiger charge is -2.14. The van der Waals surface area contributed by atoms with Crippen molar-refractivity contribution in [2.45, 2.75) is 30.7 Å². The molecule has 1 aliphatic heterocycles. The molecule has 1 aromatic rings. The topological polar surface area (TPSA) is 76.4 Å². The lowest BCUT2D eigenvalue weighted by atomic mass is 10.2. The van der Waals surface area contributed by atoms with Crippen LogP contribution in [-0.2, 0) is 4.74 Å². The number of nitrogens with two attached hydrogens (primary N) is 1. The summed E-state index contributed by atoms with van der Waals surface area (Å²) >= 11 is 1.76. The highest BCUT2D eigenvalue weighted by Gasteiger charge is 2.18. The van der Waals surface area contributed by atoms with Crippen LogP contribution in [0.1, 0.15) is 19.8 Å². The van der Waals surface area contributed by atoms with Gasteiger partial charge in [0, 0.05) is 11.5 Å². The number of urea groups is 1. The quantitative estimate of drug-likeness (QED) is 0.576. The van der Waals surface area contributed by atoms with Crippen molar-refractivity contribution in [2.24, 2.45) is 0 Å². The van der Waals surface area contributed by atoms with Gasteiger partial charge >= 0.3 is 6.03 Å². The Morgan fingerprint density at radius 2 is 2.40 bits per heavy atom. The minimum atomic E-state index is -0.232. The smallest absolute Gasteiger partial charge is 0.319 e. The molecular formula is C14H21N3O2S. The van der Waals surface area contributed by atoms with Gasteiger partial charge in [0.15, 0.2) is 0 Å². The fourth-order valence-electron chi connectivity index (χ4n) is 1.95. The Bertz CT molecular complexity index is 462. The summed E-state index contributed by atoms with van der Waals surface area (Å²) in [6.45, 7) is 3.42. The molecule has 5 nitrogen and oxygen atoms in total. The first kappa shape index (κ1) is 15.0. The highest BCUT2D eigenvalue weighted by atomic mass is 32.2. The van der Waals surface area contributed by atoms with Crippen LogP contribution in [0.15, 0.2) is 23.1 Å². The SMILES string of the molecule is CCCSc1ccc(N)c(NC(=O)NC2CCOC2)c1. The van der Waals surface area contributed by atoms with Gasteiger partial charge < -0.3 is 21.1 Å². The fourth-order valence-corrected chi connectivity index (χ4v) is 2.75. The van der Waals surface area contributed by atoms with Gasteiger partial charge in [0.05, 0.1) is 24.0 Å². The first-order valence-electron chi connectivity index (χ1n) is 6.86. The lowest BCUT2D eigenvalue weighted by Crippen LogP contribution is -2.38. The number of carbonyl (C=O) groups excluding carboxylic acids is 1. The Balaban J connectivity index is 1.94. The summed E-state index contributed by atoms with van der Waals surface area (Å²) in [4.78, 5) is 13.0. The van der Waals surface area contributed by atoms with Crippen LogP contribution in [0.3, 0.4) is 0 Å². The summed E-state index contributed by atoms with van der Waals surface area (Å²) in [5, 5.41) is 5.69. The van der Waals surface area contributed by atoms with Crippen LogP contribution in [0.4, 0.5) is 16.2 Å². The predicted octanol–water partition coefficient (Wildman–Crippen LogP) is 2.68. The highest BCUT2D eigenvalue weighted by molar-refractivity contribution is 7.99. The third kappa shape index (κ3) is 4.31. The van der Waals surface area contributed by atoms with Crippen molar-refractivity contribution < 1.29 is 9.53 Å². The molecule has 0 aliphatic carbocycles. The maximum absolute atomic E-state index is 11.9. The van der Waals surface area contributed by atoms with Gasteiger partial charge in [-0.1, -0.05) is 6.92 Å². The number of carbonyl (C=O) groups is 1. The van der Waals surface area contributed by atoms with E-state index in [4.69, 9.17) is 10.5 Å². The average molecular weight is 295 g/mol. The standard InChI is InChI=1S/C14H21N3O2S/c1-2-7-20-11-3-4-12(15)13(8-11)17-14(18)16-10-5-6-19-9-10/h3-4,8,10H,2,5-7,9,15H2,1H3,(H2,16,17,18). The summed E-state index contributed by atoms with van der Waals surface area (Å²) in [5.41, 5.74) is 7.13. The predicted molar refractivity (Wildman–Crippen MR) is 83.2 cm³/mol. The Hall–Kier alpha value is -1.40. The van der Waals surface area contributed by atoms with Crippen molar-refractivity contribution in [3.8, 4) is 0 Å². The Labute approximate surface area is 123 Å². The van der Waals surface area contributed by atoms with Crippen LogP contribution in [0.25, 0.3) is 0 Å². The summed E-state index contributed by atoms with van der Waals surface area (Å²) in [5.74, 6) is 1.05. The zero-order valence-corrected chi connectivity index (χ0v) is 12.5. The molecule has 4 N–H and O–H groups in total. The van der Waals surface area contributed by atoms with E-state index in [-0.39, 0.29) is 12.1 Å². The molecule has 1 aliphatic rings. The number of benzene rings is 1. The zero-order chi connectivity index (χ0) is 14.4. The minimum Gasteiger partial charge on any atom is -0.397 e. The largest absolute Gasteiger partial charge is 0.397 e. The van der Waals surface area contributed by atoms with E-state index < -0.39 is 0 Å². The molecule has 0 saturated carbocycles. The number of rotatable bonds is 5. The molecule has 1 fully saturated rings. The summed E-state index contributed by atoms with van der Waals surface area (Å²) in [6.07, 6.45) is 1.97. The van der Waals surface area contributed by atoms with Crippen molar-refractivity contribution in [2.75, 3.05) is 30.0 Å². The van der Waals surface area contributed by atoms with Crippen molar-refractivity contribution >= 4 is 29.2 Å². The van der Waals surface area contributed by atoms with Crippen LogP contribution in [-0.4, -0.2) is 31.0 Å². The van der Waals surface area contributed by atoms with E-state index in [2.05, 4.69) is 17.6 Å². The van der Waals surface area contributed by atoms with Gasteiger partial charge in [0.1, 0.15) is 0 Å². The van der Waals surface area contributed by atoms with Crippen LogP contribution >= 0.6 is 11.8 Å². The van der Waals surface area contributed by atoms with Crippen LogP contribution < -0.4 is 16.4 Å². The molecule has 2 rings (SSSR count). The van der Waals surface area contributed by atoms with E-state index in [1.165, 1.54) is 0 Å². The molecule has 1 aromatic carbocycles. The number of nitrogen functional groups attached to an aromatic ring is 1. The molecule has 20 heavy (non-hydrogen) atoms. The van der Waals surface area contributed by atoms with Gasteiger partial charge in [-0.05, 0) is 36.8 Å². The second kappa shape index (κ2) is 7.40. The number of thioether (sulfide) groups is 1. The number of nitrogens with one attached hydrogen (secondary N) is 2. The molecular weight excluding hydrogens is 274 g/mol. The minimum absolute atomic E-state index is 0.0915. The van der Waals surface area contributed by atoms with Crippen molar-refractivity contribution in [3.05, 3.63) is 18.2 Å². The van der Waals surface area contributed by atoms with Crippen molar-refractivity contribution in [1.82, 2.24) is 5.32 Å². The van der Waals surface area contributed by atoms with Gasteiger partial charge in [-0.2, -0.15) is 0 Å². The maximum Gasteiger partial charge on any atom is 0.319 e. The zero-order valence-electron chi connectivity index (χ0n) is 11.6. The van der Waals surface area contributed by atoms with Gasteiger partial charge in [-0.15, -0.1) is 11.8 Å². The van der Waals surface area contributed by atoms with Crippen LogP contribution in [0, 0.1) is 0 Å². The molecule has 1 atom stereocenters. The monoisotopic (exact) mass is 295 g/mol. The molecule has 0 radical (unpaired) electrons. The van der Waals surface area contributed by atoms with Crippen LogP contribution in [0.5, 0.6) is 0 Å². The van der Waals surface area contributed by atoms with Crippen LogP contribution in [0.2, 0.25) is 0 Å². The number of amides is 2. The van der Waals surface area contributed by atoms with Gasteiger partial charge in [0.2, 0.25) is 0 Å². The van der Waals surface area contributed by atoms with E-state index in [1.54, 1.807) is 11.8 Å². The second-order valence-corrected chi connectivity index (χ2v) is 5.92. The lowest BCUT2D eigenvalue weighted by molar-refractivity contribution is 0.189. The number of anilines is 2. The van der Waals surface area contributed by atoms with E-state index in [9.17, 15) is 4.79 Å². The van der Waals surface area contributed by atoms with Gasteiger partial charge in [-0.3, -0.25) is 0 Å². The third-order valence-electron chi connectivity index (χ3n) is 3.01. The molecule has 0 aromatic heterocycles. The Morgan fingerprint density at radius 3 is 3.10 bits per heavy atom. The molecule has 0 bridgehead atoms. The van der Waals surface area contributed by atoms with E-state index in [1.807, 2.05) is 18.2 Å². The summed E-state index contributed by atoms with van der Waals surface area (Å²) in [6, 6.07) is 5.58. The Morgan fingerprint density at radius 1 is 1.55 bits per heavy atom. The molecule has 1 saturated heterocycles. The normalized spacial score (nSPS) is 17.9. The van der Waals surface area contributed by atoms with Gasteiger partial charge in [0.25, 0.3) is 0 Å². The average Bonchev–Trinajstić information content (AvgIpc) is 2.92. The molecule has 1 heterocycles. The molecule has 6 heteroatoms. The van der Waals surface area contributed by atoms with Crippen molar-refractivity contribution in [3.63, 3.8) is 0 Å². The second-order valence-electron chi connectivity index (χ2n) is 4.76.